The molecule has 160 valence electrons. The Labute approximate surface area is 180 Å². The number of para-hydroxylation sites is 1. The fraction of sp³-hybridized carbons (Fsp3) is 0.375. The second kappa shape index (κ2) is 7.72. The van der Waals surface area contributed by atoms with Crippen LogP contribution < -0.4 is 4.90 Å². The number of aromatic nitrogens is 1. The van der Waals surface area contributed by atoms with Crippen molar-refractivity contribution in [3.8, 4) is 0 Å². The van der Waals surface area contributed by atoms with Gasteiger partial charge in [-0.25, -0.2) is 0 Å². The van der Waals surface area contributed by atoms with E-state index in [1.807, 2.05) is 17.0 Å². The molecule has 2 aliphatic rings. The summed E-state index contributed by atoms with van der Waals surface area (Å²) in [5.74, 6) is 0.532. The summed E-state index contributed by atoms with van der Waals surface area (Å²) >= 11 is 0. The molecule has 0 unspecified atom stereocenters. The molecule has 1 aromatic heterocycles. The normalized spacial score (nSPS) is 17.1. The van der Waals surface area contributed by atoms with E-state index in [0.29, 0.717) is 24.6 Å². The van der Waals surface area contributed by atoms with E-state index in [-0.39, 0.29) is 11.6 Å². The summed E-state index contributed by atoms with van der Waals surface area (Å²) in [4.78, 5) is 32.1. The summed E-state index contributed by atoms with van der Waals surface area (Å²) in [6.45, 7) is 5.08. The predicted molar refractivity (Wildman–Crippen MR) is 120 cm³/mol. The molecule has 7 heteroatoms. The molecule has 1 fully saturated rings. The lowest BCUT2D eigenvalue weighted by Gasteiger charge is -2.34. The molecule has 0 aliphatic carbocycles. The topological polar surface area (TPSA) is 82.5 Å². The number of nitrogens with one attached hydrogen (secondary N) is 1. The highest BCUT2D eigenvalue weighted by atomic mass is 16.6. The summed E-state index contributed by atoms with van der Waals surface area (Å²) < 4.78 is 0. The molecule has 2 aromatic carbocycles. The minimum atomic E-state index is -0.424. The van der Waals surface area contributed by atoms with Crippen molar-refractivity contribution in [2.45, 2.75) is 32.7 Å². The molecular weight excluding hydrogens is 392 g/mol. The minimum Gasteiger partial charge on any atom is -0.371 e. The number of nitro benzene ring substituents is 1. The van der Waals surface area contributed by atoms with E-state index in [1.165, 1.54) is 17.8 Å². The highest BCUT2D eigenvalue weighted by molar-refractivity contribution is 6.01. The molecule has 1 saturated heterocycles. The van der Waals surface area contributed by atoms with E-state index >= 15 is 0 Å². The molecule has 0 spiro atoms. The van der Waals surface area contributed by atoms with Gasteiger partial charge in [-0.1, -0.05) is 25.1 Å². The first-order chi connectivity index (χ1) is 15.0. The van der Waals surface area contributed by atoms with Gasteiger partial charge >= 0.3 is 0 Å². The van der Waals surface area contributed by atoms with Crippen LogP contribution in [0.2, 0.25) is 0 Å². The van der Waals surface area contributed by atoms with Crippen molar-refractivity contribution in [1.29, 1.82) is 0 Å². The average molecular weight is 418 g/mol. The number of anilines is 1. The molecule has 31 heavy (non-hydrogen) atoms. The number of benzene rings is 2. The van der Waals surface area contributed by atoms with Crippen molar-refractivity contribution in [2.75, 3.05) is 24.5 Å². The Morgan fingerprint density at radius 3 is 2.68 bits per heavy atom. The fourth-order valence-corrected chi connectivity index (χ4v) is 4.84. The van der Waals surface area contributed by atoms with Crippen molar-refractivity contribution in [2.24, 2.45) is 5.92 Å². The Morgan fingerprint density at radius 1 is 1.13 bits per heavy atom. The van der Waals surface area contributed by atoms with Crippen LogP contribution in [0.3, 0.4) is 0 Å². The first-order valence-corrected chi connectivity index (χ1v) is 10.9. The molecule has 2 aliphatic heterocycles. The van der Waals surface area contributed by atoms with Crippen LogP contribution in [0, 0.1) is 16.0 Å². The Bertz CT molecular complexity index is 1160. The van der Waals surface area contributed by atoms with Crippen LogP contribution in [0.4, 0.5) is 11.4 Å². The second-order valence-corrected chi connectivity index (χ2v) is 8.73. The van der Waals surface area contributed by atoms with Crippen LogP contribution in [0.5, 0.6) is 0 Å². The standard InChI is InChI=1S/C24H26N4O3/c1-16-8-11-26(12-9-16)23-7-6-17(28(30)31)14-19(23)24(29)27-13-10-22-20(15-27)18-4-2-3-5-21(18)25-22/h2-7,14,16,25H,8-13,15H2,1H3. The molecular formula is C24H26N4O3. The highest BCUT2D eigenvalue weighted by Crippen LogP contribution is 2.33. The van der Waals surface area contributed by atoms with Gasteiger partial charge in [0.25, 0.3) is 11.6 Å². The average Bonchev–Trinajstić information content (AvgIpc) is 3.16. The third-order valence-corrected chi connectivity index (χ3v) is 6.72. The highest BCUT2D eigenvalue weighted by Gasteiger charge is 2.29. The van der Waals surface area contributed by atoms with E-state index in [0.717, 1.165) is 54.5 Å². The Kier molecular flexibility index (Phi) is 4.88. The van der Waals surface area contributed by atoms with E-state index in [4.69, 9.17) is 0 Å². The number of non-ortho nitro benzene ring substituents is 1. The van der Waals surface area contributed by atoms with Crippen LogP contribution in [-0.2, 0) is 13.0 Å². The number of carbonyl (C=O) groups excluding carboxylic acids is 1. The Hall–Kier alpha value is -3.35. The van der Waals surface area contributed by atoms with Crippen LogP contribution in [0.25, 0.3) is 10.9 Å². The van der Waals surface area contributed by atoms with Gasteiger partial charge in [-0.15, -0.1) is 0 Å². The maximum atomic E-state index is 13.6. The predicted octanol–water partition coefficient (Wildman–Crippen LogP) is 4.51. The zero-order chi connectivity index (χ0) is 21.5. The molecule has 3 aromatic rings. The van der Waals surface area contributed by atoms with E-state index in [9.17, 15) is 14.9 Å². The van der Waals surface area contributed by atoms with Gasteiger partial charge < -0.3 is 14.8 Å². The maximum Gasteiger partial charge on any atom is 0.270 e. The SMILES string of the molecule is CC1CCN(c2ccc([N+](=O)[O-])cc2C(=O)N2CCc3[nH]c4ccccc4c3C2)CC1. The lowest BCUT2D eigenvalue weighted by atomic mass is 9.97. The second-order valence-electron chi connectivity index (χ2n) is 8.73. The molecule has 7 nitrogen and oxygen atoms in total. The van der Waals surface area contributed by atoms with Crippen molar-refractivity contribution in [1.82, 2.24) is 9.88 Å². The van der Waals surface area contributed by atoms with E-state index in [1.54, 1.807) is 6.07 Å². The van der Waals surface area contributed by atoms with Gasteiger partial charge in [0.05, 0.1) is 16.2 Å². The first kappa shape index (κ1) is 19.6. The largest absolute Gasteiger partial charge is 0.371 e. The van der Waals surface area contributed by atoms with Gasteiger partial charge in [0.2, 0.25) is 0 Å². The zero-order valence-corrected chi connectivity index (χ0v) is 17.6. The molecule has 0 atom stereocenters. The molecule has 1 amide bonds. The molecule has 5 rings (SSSR count). The quantitative estimate of drug-likeness (QED) is 0.501. The molecule has 3 heterocycles. The molecule has 0 saturated carbocycles. The number of amides is 1. The summed E-state index contributed by atoms with van der Waals surface area (Å²) in [5.41, 5.74) is 4.62. The van der Waals surface area contributed by atoms with Crippen LogP contribution in [-0.4, -0.2) is 40.3 Å². The monoisotopic (exact) mass is 418 g/mol. The van der Waals surface area contributed by atoms with Gasteiger partial charge in [0.15, 0.2) is 0 Å². The summed E-state index contributed by atoms with van der Waals surface area (Å²) in [7, 11) is 0. The van der Waals surface area contributed by atoms with Gasteiger partial charge in [-0.2, -0.15) is 0 Å². The van der Waals surface area contributed by atoms with Gasteiger partial charge in [-0.05, 0) is 30.9 Å². The number of piperidine rings is 1. The zero-order valence-electron chi connectivity index (χ0n) is 17.6. The Morgan fingerprint density at radius 2 is 1.90 bits per heavy atom. The maximum absolute atomic E-state index is 13.6. The molecule has 0 bridgehead atoms. The van der Waals surface area contributed by atoms with Crippen molar-refractivity contribution in [3.05, 3.63) is 69.4 Å². The third-order valence-electron chi connectivity index (χ3n) is 6.72. The smallest absolute Gasteiger partial charge is 0.270 e. The number of fused-ring (bicyclic) bond motifs is 3. The van der Waals surface area contributed by atoms with E-state index in [2.05, 4.69) is 28.9 Å². The molecule has 1 N–H and O–H groups in total. The summed E-state index contributed by atoms with van der Waals surface area (Å²) in [6, 6.07) is 12.9. The van der Waals surface area contributed by atoms with Crippen molar-refractivity contribution >= 4 is 28.2 Å². The number of aromatic amines is 1. The number of carbonyl (C=O) groups is 1. The van der Waals surface area contributed by atoms with Gasteiger partial charge in [0.1, 0.15) is 0 Å². The van der Waals surface area contributed by atoms with Crippen molar-refractivity contribution < 1.29 is 9.72 Å². The lowest BCUT2D eigenvalue weighted by Crippen LogP contribution is -2.38. The number of nitro groups is 1. The fourth-order valence-electron chi connectivity index (χ4n) is 4.84. The number of hydrogen-bond donors (Lipinski definition) is 1. The van der Waals surface area contributed by atoms with E-state index < -0.39 is 4.92 Å². The number of hydrogen-bond acceptors (Lipinski definition) is 4. The summed E-state index contributed by atoms with van der Waals surface area (Å²) in [6.07, 6.45) is 2.88. The molecule has 0 radical (unpaired) electrons. The Balaban J connectivity index is 1.49. The lowest BCUT2D eigenvalue weighted by molar-refractivity contribution is -0.384. The third kappa shape index (κ3) is 3.54. The first-order valence-electron chi connectivity index (χ1n) is 10.9. The number of nitrogens with zero attached hydrogens (tertiary/aromatic N) is 3. The summed E-state index contributed by atoms with van der Waals surface area (Å²) in [5, 5.41) is 12.6. The van der Waals surface area contributed by atoms with Crippen LogP contribution in [0.15, 0.2) is 42.5 Å². The van der Waals surface area contributed by atoms with Gasteiger partial charge in [-0.3, -0.25) is 14.9 Å². The number of H-pyrrole nitrogens is 1. The minimum absolute atomic E-state index is 0.0396. The number of rotatable bonds is 3. The van der Waals surface area contributed by atoms with Crippen LogP contribution in [0.1, 0.15) is 41.4 Å². The van der Waals surface area contributed by atoms with Crippen LogP contribution >= 0.6 is 0 Å². The van der Waals surface area contributed by atoms with Crippen molar-refractivity contribution in [3.63, 3.8) is 0 Å². The van der Waals surface area contributed by atoms with Gasteiger partial charge in [0, 0.05) is 66.9 Å².